The van der Waals surface area contributed by atoms with Crippen LogP contribution in [0, 0.1) is 5.92 Å². The third-order valence-corrected chi connectivity index (χ3v) is 4.95. The average molecular weight is 259 g/mol. The Morgan fingerprint density at radius 2 is 2.25 bits per heavy atom. The number of hydrogen-bond acceptors (Lipinski definition) is 3. The zero-order valence-electron chi connectivity index (χ0n) is 9.82. The lowest BCUT2D eigenvalue weighted by Crippen LogP contribution is -2.40. The number of hydrogen-bond donors (Lipinski definition) is 1. The first-order chi connectivity index (χ1) is 7.63. The minimum absolute atomic E-state index is 0.409. The van der Waals surface area contributed by atoms with Gasteiger partial charge in [0.05, 0.1) is 4.34 Å². The van der Waals surface area contributed by atoms with Crippen LogP contribution in [0.4, 0.5) is 0 Å². The third-order valence-electron chi connectivity index (χ3n) is 3.55. The van der Waals surface area contributed by atoms with E-state index in [2.05, 4.69) is 24.9 Å². The highest BCUT2D eigenvalue weighted by Gasteiger charge is 2.34. The van der Waals surface area contributed by atoms with Gasteiger partial charge in [-0.1, -0.05) is 11.6 Å². The van der Waals surface area contributed by atoms with Crippen molar-refractivity contribution < 1.29 is 0 Å². The predicted molar refractivity (Wildman–Crippen MR) is 71.1 cm³/mol. The zero-order chi connectivity index (χ0) is 11.7. The Balaban J connectivity index is 2.05. The molecule has 2 nitrogen and oxygen atoms in total. The smallest absolute Gasteiger partial charge is 0.0931 e. The molecule has 1 aliphatic carbocycles. The Bertz CT molecular complexity index is 349. The highest BCUT2D eigenvalue weighted by atomic mass is 35.5. The molecule has 1 heterocycles. The van der Waals surface area contributed by atoms with Gasteiger partial charge in [0.1, 0.15) is 0 Å². The van der Waals surface area contributed by atoms with Crippen molar-refractivity contribution in [3.8, 4) is 0 Å². The molecular weight excluding hydrogens is 240 g/mol. The van der Waals surface area contributed by atoms with E-state index in [0.717, 1.165) is 16.8 Å². The number of nitrogens with two attached hydrogens (primary N) is 1. The minimum atomic E-state index is 0.409. The van der Waals surface area contributed by atoms with E-state index in [0.29, 0.717) is 12.1 Å². The van der Waals surface area contributed by atoms with Gasteiger partial charge in [-0.3, -0.25) is 4.90 Å². The number of halogens is 1. The van der Waals surface area contributed by atoms with Crippen LogP contribution < -0.4 is 5.73 Å². The van der Waals surface area contributed by atoms with Gasteiger partial charge in [0.15, 0.2) is 0 Å². The van der Waals surface area contributed by atoms with E-state index in [1.165, 1.54) is 17.7 Å². The van der Waals surface area contributed by atoms with E-state index in [-0.39, 0.29) is 0 Å². The first kappa shape index (κ1) is 12.4. The Labute approximate surface area is 106 Å². The summed E-state index contributed by atoms with van der Waals surface area (Å²) in [7, 11) is 2.17. The van der Waals surface area contributed by atoms with Crippen LogP contribution in [-0.2, 0) is 0 Å². The molecule has 0 saturated heterocycles. The molecule has 0 bridgehead atoms. The van der Waals surface area contributed by atoms with E-state index in [9.17, 15) is 0 Å². The fourth-order valence-corrected chi connectivity index (χ4v) is 3.38. The van der Waals surface area contributed by atoms with E-state index in [4.69, 9.17) is 17.3 Å². The van der Waals surface area contributed by atoms with Crippen molar-refractivity contribution in [2.75, 3.05) is 13.6 Å². The largest absolute Gasteiger partial charge is 0.329 e. The molecule has 90 valence electrons. The lowest BCUT2D eigenvalue weighted by atomic mass is 10.1. The second-order valence-corrected chi connectivity index (χ2v) is 6.37. The second kappa shape index (κ2) is 5.05. The van der Waals surface area contributed by atoms with Crippen LogP contribution >= 0.6 is 22.9 Å². The molecule has 4 heteroatoms. The fourth-order valence-electron chi connectivity index (χ4n) is 2.21. The fraction of sp³-hybridized carbons (Fsp3) is 0.667. The van der Waals surface area contributed by atoms with Crippen molar-refractivity contribution in [1.82, 2.24) is 4.90 Å². The Kier molecular flexibility index (Phi) is 3.90. The van der Waals surface area contributed by atoms with Crippen molar-refractivity contribution in [1.29, 1.82) is 0 Å². The normalized spacial score (nSPS) is 20.1. The molecule has 1 aliphatic rings. The monoisotopic (exact) mass is 258 g/mol. The van der Waals surface area contributed by atoms with Crippen molar-refractivity contribution >= 4 is 22.9 Å². The first-order valence-corrected chi connectivity index (χ1v) is 7.00. The highest BCUT2D eigenvalue weighted by molar-refractivity contribution is 7.16. The minimum Gasteiger partial charge on any atom is -0.329 e. The third kappa shape index (κ3) is 2.59. The molecule has 1 saturated carbocycles. The number of nitrogens with zero attached hydrogens (tertiary/aromatic N) is 1. The maximum Gasteiger partial charge on any atom is 0.0931 e. The number of thiophene rings is 1. The van der Waals surface area contributed by atoms with E-state index in [1.807, 2.05) is 6.07 Å². The van der Waals surface area contributed by atoms with Crippen LogP contribution in [0.5, 0.6) is 0 Å². The number of rotatable bonds is 5. The molecule has 0 radical (unpaired) electrons. The Morgan fingerprint density at radius 1 is 1.56 bits per heavy atom. The summed E-state index contributed by atoms with van der Waals surface area (Å²) in [5, 5.41) is 0. The molecule has 0 amide bonds. The van der Waals surface area contributed by atoms with Crippen LogP contribution in [0.25, 0.3) is 0 Å². The summed E-state index contributed by atoms with van der Waals surface area (Å²) < 4.78 is 0.867. The van der Waals surface area contributed by atoms with Gasteiger partial charge < -0.3 is 5.73 Å². The molecular formula is C12H19ClN2S. The number of likely N-dealkylation sites (N-methyl/N-ethyl adjacent to an activating group) is 1. The topological polar surface area (TPSA) is 29.3 Å². The van der Waals surface area contributed by atoms with Gasteiger partial charge in [-0.2, -0.15) is 0 Å². The van der Waals surface area contributed by atoms with E-state index < -0.39 is 0 Å². The SMILES string of the molecule is CC(c1ccc(Cl)s1)N(C)C(CN)C1CC1. The van der Waals surface area contributed by atoms with E-state index in [1.54, 1.807) is 11.3 Å². The van der Waals surface area contributed by atoms with Crippen LogP contribution in [-0.4, -0.2) is 24.5 Å². The molecule has 1 aromatic heterocycles. The van der Waals surface area contributed by atoms with Gasteiger partial charge in [-0.25, -0.2) is 0 Å². The highest BCUT2D eigenvalue weighted by Crippen LogP contribution is 2.38. The van der Waals surface area contributed by atoms with Gasteiger partial charge in [0, 0.05) is 23.5 Å². The van der Waals surface area contributed by atoms with Gasteiger partial charge >= 0.3 is 0 Å². The lowest BCUT2D eigenvalue weighted by Gasteiger charge is -2.32. The molecule has 0 aliphatic heterocycles. The van der Waals surface area contributed by atoms with Gasteiger partial charge in [0.25, 0.3) is 0 Å². The summed E-state index contributed by atoms with van der Waals surface area (Å²) in [4.78, 5) is 3.73. The first-order valence-electron chi connectivity index (χ1n) is 5.80. The quantitative estimate of drug-likeness (QED) is 0.879. The zero-order valence-corrected chi connectivity index (χ0v) is 11.4. The van der Waals surface area contributed by atoms with Gasteiger partial charge in [-0.15, -0.1) is 11.3 Å². The molecule has 2 rings (SSSR count). The van der Waals surface area contributed by atoms with Gasteiger partial charge in [0.2, 0.25) is 0 Å². The second-order valence-electron chi connectivity index (χ2n) is 4.62. The molecule has 1 fully saturated rings. The van der Waals surface area contributed by atoms with Crippen LogP contribution in [0.2, 0.25) is 4.34 Å². The molecule has 0 aromatic carbocycles. The summed E-state index contributed by atoms with van der Waals surface area (Å²) in [5.74, 6) is 0.813. The Hall–Kier alpha value is -0.0900. The maximum atomic E-state index is 5.97. The van der Waals surface area contributed by atoms with Crippen LogP contribution in [0.3, 0.4) is 0 Å². The summed E-state index contributed by atoms with van der Waals surface area (Å²) in [6.07, 6.45) is 2.67. The summed E-state index contributed by atoms with van der Waals surface area (Å²) in [5.41, 5.74) is 5.87. The standard InChI is InChI=1S/C12H19ClN2S/c1-8(11-5-6-12(13)16-11)15(2)10(7-14)9-3-4-9/h5-6,8-10H,3-4,7,14H2,1-2H3. The van der Waals surface area contributed by atoms with Crippen LogP contribution in [0.15, 0.2) is 12.1 Å². The lowest BCUT2D eigenvalue weighted by molar-refractivity contribution is 0.172. The molecule has 2 N–H and O–H groups in total. The van der Waals surface area contributed by atoms with Crippen LogP contribution in [0.1, 0.15) is 30.7 Å². The predicted octanol–water partition coefficient (Wildman–Crippen LogP) is 3.13. The Morgan fingerprint density at radius 3 is 2.69 bits per heavy atom. The molecule has 2 atom stereocenters. The van der Waals surface area contributed by atoms with Crippen molar-refractivity contribution in [2.24, 2.45) is 11.7 Å². The van der Waals surface area contributed by atoms with Gasteiger partial charge in [-0.05, 0) is 44.9 Å². The molecule has 1 aromatic rings. The molecule has 16 heavy (non-hydrogen) atoms. The van der Waals surface area contributed by atoms with Crippen molar-refractivity contribution in [3.05, 3.63) is 21.3 Å². The summed E-state index contributed by atoms with van der Waals surface area (Å²) in [6, 6.07) is 5.03. The van der Waals surface area contributed by atoms with Crippen molar-refractivity contribution in [3.63, 3.8) is 0 Å². The summed E-state index contributed by atoms with van der Waals surface area (Å²) in [6.45, 7) is 2.98. The summed E-state index contributed by atoms with van der Waals surface area (Å²) >= 11 is 7.64. The van der Waals surface area contributed by atoms with E-state index >= 15 is 0 Å². The maximum absolute atomic E-state index is 5.97. The molecule has 2 unspecified atom stereocenters. The molecule has 0 spiro atoms. The van der Waals surface area contributed by atoms with Crippen molar-refractivity contribution in [2.45, 2.75) is 31.8 Å². The average Bonchev–Trinajstić information content (AvgIpc) is 3.00.